The predicted octanol–water partition coefficient (Wildman–Crippen LogP) is 2.70. The zero-order chi connectivity index (χ0) is 22.2. The second kappa shape index (κ2) is 10.7. The number of hydrogen-bond donors (Lipinski definition) is 0. The summed E-state index contributed by atoms with van der Waals surface area (Å²) >= 11 is 0. The van der Waals surface area contributed by atoms with Crippen molar-refractivity contribution in [2.75, 3.05) is 63.3 Å². The first-order valence-corrected chi connectivity index (χ1v) is 10.6. The highest BCUT2D eigenvalue weighted by Crippen LogP contribution is 2.28. The molecule has 1 aliphatic heterocycles. The largest absolute Gasteiger partial charge is 0.493 e. The van der Waals surface area contributed by atoms with Gasteiger partial charge in [0.1, 0.15) is 0 Å². The monoisotopic (exact) mass is 425 g/mol. The number of rotatable bonds is 8. The zero-order valence-corrected chi connectivity index (χ0v) is 18.7. The first kappa shape index (κ1) is 22.4. The van der Waals surface area contributed by atoms with E-state index >= 15 is 0 Å². The van der Waals surface area contributed by atoms with Gasteiger partial charge in [-0.3, -0.25) is 4.79 Å². The summed E-state index contributed by atoms with van der Waals surface area (Å²) < 4.78 is 10.6. The summed E-state index contributed by atoms with van der Waals surface area (Å²) in [7, 11) is 3.19. The van der Waals surface area contributed by atoms with E-state index in [1.165, 1.54) is 0 Å². The number of hydrogen-bond acceptors (Lipinski definition) is 7. The van der Waals surface area contributed by atoms with E-state index in [0.717, 1.165) is 43.4 Å². The standard InChI is InChI=1S/C23H31N5O3/c1-5-26(6-2)21-10-11-22(25-24-21)27-13-15-28(16-14-27)23(29)12-8-18-7-9-19(30-3)20(17-18)31-4/h7-12,17H,5-6,13-16H2,1-4H3/b12-8+. The highest BCUT2D eigenvalue weighted by Gasteiger charge is 2.21. The van der Waals surface area contributed by atoms with Gasteiger partial charge in [-0.05, 0) is 49.8 Å². The molecule has 3 rings (SSSR count). The van der Waals surface area contributed by atoms with Gasteiger partial charge in [-0.1, -0.05) is 6.07 Å². The van der Waals surface area contributed by atoms with Crippen molar-refractivity contribution >= 4 is 23.6 Å². The Kier molecular flexibility index (Phi) is 7.70. The topological polar surface area (TPSA) is 71.0 Å². The van der Waals surface area contributed by atoms with Crippen molar-refractivity contribution in [3.63, 3.8) is 0 Å². The van der Waals surface area contributed by atoms with Crippen LogP contribution in [0.1, 0.15) is 19.4 Å². The molecule has 1 aromatic heterocycles. The van der Waals surface area contributed by atoms with E-state index in [2.05, 4.69) is 33.8 Å². The van der Waals surface area contributed by atoms with Crippen molar-refractivity contribution in [2.24, 2.45) is 0 Å². The number of methoxy groups -OCH3 is 2. The third kappa shape index (κ3) is 5.45. The van der Waals surface area contributed by atoms with Crippen LogP contribution < -0.4 is 19.3 Å². The number of carbonyl (C=O) groups excluding carboxylic acids is 1. The molecule has 2 heterocycles. The quantitative estimate of drug-likeness (QED) is 0.602. The molecule has 0 aliphatic carbocycles. The summed E-state index contributed by atoms with van der Waals surface area (Å²) in [5.74, 6) is 3.04. The van der Waals surface area contributed by atoms with E-state index in [1.807, 2.05) is 35.2 Å². The maximum Gasteiger partial charge on any atom is 0.246 e. The molecular weight excluding hydrogens is 394 g/mol. The van der Waals surface area contributed by atoms with Gasteiger partial charge in [-0.25, -0.2) is 0 Å². The van der Waals surface area contributed by atoms with Crippen molar-refractivity contribution in [1.82, 2.24) is 15.1 Å². The van der Waals surface area contributed by atoms with Gasteiger partial charge in [-0.2, -0.15) is 0 Å². The molecule has 2 aromatic rings. The van der Waals surface area contributed by atoms with E-state index in [0.29, 0.717) is 24.6 Å². The number of anilines is 2. The first-order chi connectivity index (χ1) is 15.1. The first-order valence-electron chi connectivity index (χ1n) is 10.6. The van der Waals surface area contributed by atoms with Gasteiger partial charge in [-0.15, -0.1) is 10.2 Å². The Bertz CT molecular complexity index is 889. The SMILES string of the molecule is CCN(CC)c1ccc(N2CCN(C(=O)/C=C/c3ccc(OC)c(OC)c3)CC2)nn1. The number of benzene rings is 1. The van der Waals surface area contributed by atoms with E-state index < -0.39 is 0 Å². The van der Waals surface area contributed by atoms with Crippen molar-refractivity contribution in [3.8, 4) is 11.5 Å². The van der Waals surface area contributed by atoms with Gasteiger partial charge in [0.15, 0.2) is 23.1 Å². The Balaban J connectivity index is 1.55. The average Bonchev–Trinajstić information content (AvgIpc) is 2.83. The van der Waals surface area contributed by atoms with E-state index in [4.69, 9.17) is 9.47 Å². The van der Waals surface area contributed by atoms with Crippen LogP contribution in [0.25, 0.3) is 6.08 Å². The zero-order valence-electron chi connectivity index (χ0n) is 18.7. The number of aromatic nitrogens is 2. The van der Waals surface area contributed by atoms with Crippen molar-refractivity contribution < 1.29 is 14.3 Å². The van der Waals surface area contributed by atoms with Crippen LogP contribution in [0.15, 0.2) is 36.4 Å². The minimum absolute atomic E-state index is 0.00241. The van der Waals surface area contributed by atoms with Crippen LogP contribution in [0, 0.1) is 0 Å². The number of nitrogens with zero attached hydrogens (tertiary/aromatic N) is 5. The molecule has 8 nitrogen and oxygen atoms in total. The Morgan fingerprint density at radius 2 is 1.71 bits per heavy atom. The molecule has 0 radical (unpaired) electrons. The minimum atomic E-state index is -0.00241. The molecule has 0 bridgehead atoms. The van der Waals surface area contributed by atoms with Crippen LogP contribution in [0.2, 0.25) is 0 Å². The minimum Gasteiger partial charge on any atom is -0.493 e. The summed E-state index contributed by atoms with van der Waals surface area (Å²) in [5, 5.41) is 8.75. The molecule has 1 aromatic carbocycles. The molecule has 1 aliphatic rings. The van der Waals surface area contributed by atoms with Crippen molar-refractivity contribution in [1.29, 1.82) is 0 Å². The van der Waals surface area contributed by atoms with Gasteiger partial charge in [0, 0.05) is 45.3 Å². The molecule has 1 fully saturated rings. The molecule has 8 heteroatoms. The molecule has 31 heavy (non-hydrogen) atoms. The third-order valence-corrected chi connectivity index (χ3v) is 5.47. The van der Waals surface area contributed by atoms with Crippen LogP contribution in [-0.4, -0.2) is 74.5 Å². The van der Waals surface area contributed by atoms with E-state index in [9.17, 15) is 4.79 Å². The summed E-state index contributed by atoms with van der Waals surface area (Å²) in [6.45, 7) is 8.78. The van der Waals surface area contributed by atoms with Crippen LogP contribution in [0.5, 0.6) is 11.5 Å². The lowest BCUT2D eigenvalue weighted by molar-refractivity contribution is -0.126. The summed E-state index contributed by atoms with van der Waals surface area (Å²) in [4.78, 5) is 18.8. The highest BCUT2D eigenvalue weighted by atomic mass is 16.5. The van der Waals surface area contributed by atoms with E-state index in [1.54, 1.807) is 26.4 Å². The predicted molar refractivity (Wildman–Crippen MR) is 123 cm³/mol. The Morgan fingerprint density at radius 3 is 2.29 bits per heavy atom. The van der Waals surface area contributed by atoms with E-state index in [-0.39, 0.29) is 5.91 Å². The van der Waals surface area contributed by atoms with Crippen molar-refractivity contribution in [3.05, 3.63) is 42.0 Å². The van der Waals surface area contributed by atoms with Crippen LogP contribution in [0.4, 0.5) is 11.6 Å². The second-order valence-electron chi connectivity index (χ2n) is 7.18. The van der Waals surface area contributed by atoms with Crippen LogP contribution >= 0.6 is 0 Å². The van der Waals surface area contributed by atoms with Crippen LogP contribution in [0.3, 0.4) is 0 Å². The Labute approximate surface area is 184 Å². The lowest BCUT2D eigenvalue weighted by Gasteiger charge is -2.34. The Hall–Kier alpha value is -3.29. The third-order valence-electron chi connectivity index (χ3n) is 5.47. The molecule has 1 amide bonds. The van der Waals surface area contributed by atoms with Gasteiger partial charge >= 0.3 is 0 Å². The molecule has 0 spiro atoms. The molecule has 166 valence electrons. The molecule has 0 N–H and O–H groups in total. The maximum atomic E-state index is 12.6. The second-order valence-corrected chi connectivity index (χ2v) is 7.18. The summed E-state index contributed by atoms with van der Waals surface area (Å²) in [5.41, 5.74) is 0.883. The highest BCUT2D eigenvalue weighted by molar-refractivity contribution is 5.92. The van der Waals surface area contributed by atoms with Crippen molar-refractivity contribution in [2.45, 2.75) is 13.8 Å². The smallest absolute Gasteiger partial charge is 0.246 e. The summed E-state index contributed by atoms with van der Waals surface area (Å²) in [6.07, 6.45) is 3.41. The van der Waals surface area contributed by atoms with Crippen LogP contribution in [-0.2, 0) is 4.79 Å². The lowest BCUT2D eigenvalue weighted by Crippen LogP contribution is -2.48. The Morgan fingerprint density at radius 1 is 1.00 bits per heavy atom. The van der Waals surface area contributed by atoms with Gasteiger partial charge in [0.2, 0.25) is 5.91 Å². The molecule has 1 saturated heterocycles. The summed E-state index contributed by atoms with van der Waals surface area (Å²) in [6, 6.07) is 9.59. The molecule has 0 saturated carbocycles. The normalized spacial score (nSPS) is 14.1. The average molecular weight is 426 g/mol. The van der Waals surface area contributed by atoms with Gasteiger partial charge in [0.25, 0.3) is 0 Å². The molecule has 0 unspecified atom stereocenters. The van der Waals surface area contributed by atoms with Gasteiger partial charge < -0.3 is 24.2 Å². The number of carbonyl (C=O) groups is 1. The lowest BCUT2D eigenvalue weighted by atomic mass is 10.2. The fourth-order valence-electron chi connectivity index (χ4n) is 3.59. The fraction of sp³-hybridized carbons (Fsp3) is 0.435. The molecule has 0 atom stereocenters. The molecular formula is C23H31N5O3. The number of piperazine rings is 1. The number of ether oxygens (including phenoxy) is 2. The maximum absolute atomic E-state index is 12.6. The van der Waals surface area contributed by atoms with Gasteiger partial charge in [0.05, 0.1) is 14.2 Å². The fourth-order valence-corrected chi connectivity index (χ4v) is 3.59. The number of amides is 1.